The quantitative estimate of drug-likeness (QED) is 0.215. The fourth-order valence-corrected chi connectivity index (χ4v) is 1.77. The number of carbonyl (C=O) groups excluding carboxylic acids is 1. The second kappa shape index (κ2) is 12.6. The first-order valence-corrected chi connectivity index (χ1v) is 7.41. The van der Waals surface area contributed by atoms with E-state index in [0.29, 0.717) is 0 Å². The first-order chi connectivity index (χ1) is 7.95. The number of rotatable bonds is 11. The average Bonchev–Trinajstić information content (AvgIpc) is 2.24. The van der Waals surface area contributed by atoms with Gasteiger partial charge in [-0.1, -0.05) is 45.4 Å². The van der Waals surface area contributed by atoms with Gasteiger partial charge in [0.05, 0.1) is 0 Å². The van der Waals surface area contributed by atoms with E-state index in [4.69, 9.17) is 0 Å². The van der Waals surface area contributed by atoms with Crippen molar-refractivity contribution in [2.75, 3.05) is 6.61 Å². The minimum Gasteiger partial charge on any atom is -0.726 e. The molecule has 0 saturated carbocycles. The molecule has 0 bridgehead atoms. The van der Waals surface area contributed by atoms with E-state index in [1.807, 2.05) is 0 Å². The average molecular weight is 288 g/mol. The molecule has 0 aromatic carbocycles. The number of carbonyl (C=O) groups is 1. The predicted molar refractivity (Wildman–Crippen MR) is 63.3 cm³/mol. The molecule has 0 aromatic heterocycles. The molecule has 0 N–H and O–H groups in total. The molecular weight excluding hydrogens is 267 g/mol. The van der Waals surface area contributed by atoms with E-state index >= 15 is 0 Å². The van der Waals surface area contributed by atoms with Gasteiger partial charge in [-0.3, -0.25) is 8.98 Å². The fourth-order valence-electron chi connectivity index (χ4n) is 1.49. The second-order valence-corrected chi connectivity index (χ2v) is 5.13. The smallest absolute Gasteiger partial charge is 0.726 e. The molecule has 0 amide bonds. The number of unbranched alkanes of at least 4 members (excludes halogenated alkanes) is 6. The third kappa shape index (κ3) is 16.5. The van der Waals surface area contributed by atoms with Crippen molar-refractivity contribution in [1.82, 2.24) is 0 Å². The molecule has 5 nitrogen and oxygen atoms in total. The maximum absolute atomic E-state index is 11.1. The van der Waals surface area contributed by atoms with E-state index in [-0.39, 0.29) is 41.8 Å². The van der Waals surface area contributed by atoms with Gasteiger partial charge in [-0.05, 0) is 6.42 Å². The van der Waals surface area contributed by atoms with Crippen LogP contribution in [0.5, 0.6) is 0 Å². The summed E-state index contributed by atoms with van der Waals surface area (Å²) in [5, 5.41) is 0. The van der Waals surface area contributed by atoms with E-state index in [1.165, 1.54) is 25.7 Å². The predicted octanol–water partition coefficient (Wildman–Crippen LogP) is -0.823. The molecule has 0 spiro atoms. The van der Waals surface area contributed by atoms with Crippen LogP contribution in [0.4, 0.5) is 0 Å². The first-order valence-electron chi connectivity index (χ1n) is 6.07. The van der Waals surface area contributed by atoms with Gasteiger partial charge in [0, 0.05) is 6.42 Å². The van der Waals surface area contributed by atoms with Crippen LogP contribution in [0.25, 0.3) is 0 Å². The Bertz CT molecular complexity index is 303. The molecule has 0 atom stereocenters. The summed E-state index contributed by atoms with van der Waals surface area (Å²) in [7, 11) is -4.74. The minimum atomic E-state index is -4.74. The molecule has 102 valence electrons. The van der Waals surface area contributed by atoms with Crippen molar-refractivity contribution >= 4 is 16.2 Å². The first kappa shape index (κ1) is 20.8. The van der Waals surface area contributed by atoms with Crippen molar-refractivity contribution in [1.29, 1.82) is 0 Å². The Morgan fingerprint density at radius 1 is 1.06 bits per heavy atom. The van der Waals surface area contributed by atoms with Gasteiger partial charge in [-0.2, -0.15) is 0 Å². The molecule has 0 aromatic rings. The third-order valence-electron chi connectivity index (χ3n) is 2.42. The minimum absolute atomic E-state index is 0. The second-order valence-electron chi connectivity index (χ2n) is 4.08. The molecule has 0 saturated heterocycles. The maximum atomic E-state index is 11.1. The van der Waals surface area contributed by atoms with Crippen molar-refractivity contribution in [3.63, 3.8) is 0 Å². The monoisotopic (exact) mass is 288 g/mol. The van der Waals surface area contributed by atoms with Crippen LogP contribution in [0.2, 0.25) is 0 Å². The van der Waals surface area contributed by atoms with Gasteiger partial charge in [-0.25, -0.2) is 8.42 Å². The van der Waals surface area contributed by atoms with Gasteiger partial charge in [0.1, 0.15) is 6.61 Å². The maximum Gasteiger partial charge on any atom is 1.00 e. The molecule has 0 rings (SSSR count). The van der Waals surface area contributed by atoms with Gasteiger partial charge < -0.3 is 4.55 Å². The van der Waals surface area contributed by atoms with E-state index < -0.39 is 17.0 Å². The Balaban J connectivity index is 0. The van der Waals surface area contributed by atoms with Crippen LogP contribution >= 0.6 is 0 Å². The van der Waals surface area contributed by atoms with E-state index in [0.717, 1.165) is 19.3 Å². The molecule has 0 aliphatic carbocycles. The molecule has 0 heterocycles. The molecule has 7 heteroatoms. The molecule has 0 radical (unpaired) electrons. The molecule has 0 fully saturated rings. The Labute approximate surface area is 132 Å². The van der Waals surface area contributed by atoms with Crippen LogP contribution in [0, 0.1) is 0 Å². The van der Waals surface area contributed by atoms with Gasteiger partial charge in [0.25, 0.3) is 0 Å². The van der Waals surface area contributed by atoms with Crippen LogP contribution in [-0.2, 0) is 19.4 Å². The number of hydrogen-bond donors (Lipinski definition) is 0. The Kier molecular flexibility index (Phi) is 14.6. The topological polar surface area (TPSA) is 83.5 Å². The molecule has 18 heavy (non-hydrogen) atoms. The van der Waals surface area contributed by atoms with Crippen molar-refractivity contribution in [3.8, 4) is 0 Å². The van der Waals surface area contributed by atoms with Crippen LogP contribution < -0.4 is 29.6 Å². The summed E-state index contributed by atoms with van der Waals surface area (Å²) in [6, 6.07) is 0. The summed E-state index contributed by atoms with van der Waals surface area (Å²) in [4.78, 5) is 11.1. The third-order valence-corrected chi connectivity index (χ3v) is 2.83. The van der Waals surface area contributed by atoms with Crippen LogP contribution in [-0.4, -0.2) is 25.4 Å². The normalized spacial score (nSPS) is 11.0. The summed E-state index contributed by atoms with van der Waals surface area (Å²) in [6.07, 6.45) is 7.91. The zero-order chi connectivity index (χ0) is 13.1. The Morgan fingerprint density at radius 2 is 1.56 bits per heavy atom. The fraction of sp³-hybridized carbons (Fsp3) is 0.909. The van der Waals surface area contributed by atoms with Crippen LogP contribution in [0.15, 0.2) is 0 Å². The Hall–Kier alpha value is 0.540. The molecular formula is C11H21NaO5S. The van der Waals surface area contributed by atoms with Gasteiger partial charge >= 0.3 is 29.6 Å². The van der Waals surface area contributed by atoms with E-state index in [9.17, 15) is 17.8 Å². The molecule has 0 aliphatic heterocycles. The summed E-state index contributed by atoms with van der Waals surface area (Å²) >= 11 is 0. The summed E-state index contributed by atoms with van der Waals surface area (Å²) < 4.78 is 34.1. The van der Waals surface area contributed by atoms with Crippen LogP contribution in [0.1, 0.15) is 58.3 Å². The van der Waals surface area contributed by atoms with Crippen molar-refractivity contribution in [2.24, 2.45) is 0 Å². The molecule has 0 aliphatic rings. The number of Topliss-reactive ketones (excluding diaryl/α,β-unsaturated/α-hetero) is 1. The van der Waals surface area contributed by atoms with Gasteiger partial charge in [0.15, 0.2) is 5.78 Å². The van der Waals surface area contributed by atoms with Gasteiger partial charge in [0.2, 0.25) is 10.4 Å². The zero-order valence-electron chi connectivity index (χ0n) is 11.3. The summed E-state index contributed by atoms with van der Waals surface area (Å²) in [5.41, 5.74) is 0. The summed E-state index contributed by atoms with van der Waals surface area (Å²) in [6.45, 7) is 1.53. The number of ketones is 1. The Morgan fingerprint density at radius 3 is 2.06 bits per heavy atom. The standard InChI is InChI=1S/C11H22O5S.Na/c1-2-3-4-5-6-7-8-9-11(12)10-16-17(13,14)15;/h2-10H2,1H3,(H,13,14,15);/q;+1/p-1. The van der Waals surface area contributed by atoms with Crippen LogP contribution in [0.3, 0.4) is 0 Å². The van der Waals surface area contributed by atoms with Crippen molar-refractivity contribution in [2.45, 2.75) is 58.3 Å². The number of hydrogen-bond acceptors (Lipinski definition) is 5. The SMILES string of the molecule is CCCCCCCCCC(=O)COS(=O)(=O)[O-].[Na+]. The summed E-state index contributed by atoms with van der Waals surface area (Å²) in [5.74, 6) is -0.335. The molecule has 0 unspecified atom stereocenters. The largest absolute Gasteiger partial charge is 1.00 e. The van der Waals surface area contributed by atoms with E-state index in [1.54, 1.807) is 0 Å². The zero-order valence-corrected chi connectivity index (χ0v) is 14.1. The van der Waals surface area contributed by atoms with Crippen molar-refractivity contribution < 1.29 is 51.5 Å². The van der Waals surface area contributed by atoms with Gasteiger partial charge in [-0.15, -0.1) is 0 Å². The van der Waals surface area contributed by atoms with Crippen molar-refractivity contribution in [3.05, 3.63) is 0 Å². The van der Waals surface area contributed by atoms with E-state index in [2.05, 4.69) is 11.1 Å².